The predicted molar refractivity (Wildman–Crippen MR) is 58.7 cm³/mol. The van der Waals surface area contributed by atoms with Crippen LogP contribution < -0.4 is 0 Å². The van der Waals surface area contributed by atoms with Crippen LogP contribution in [0.4, 0.5) is 0 Å². The summed E-state index contributed by atoms with van der Waals surface area (Å²) in [5.74, 6) is 0.843. The number of fused-ring (bicyclic) bond motifs is 1. The monoisotopic (exact) mass is 213 g/mol. The molecule has 1 aliphatic rings. The minimum absolute atomic E-state index is 0.0685. The number of aromatic amines is 1. The van der Waals surface area contributed by atoms with Gasteiger partial charge in [0.25, 0.3) is 0 Å². The molecule has 4 nitrogen and oxygen atoms in total. The third kappa shape index (κ3) is 1.37. The first kappa shape index (κ1) is 9.37. The van der Waals surface area contributed by atoms with E-state index in [1.165, 1.54) is 0 Å². The number of hydrogen-bond donors (Lipinski definition) is 1. The Morgan fingerprint density at radius 3 is 3.19 bits per heavy atom. The number of aromatic nitrogens is 2. The molecule has 0 radical (unpaired) electrons. The minimum atomic E-state index is 0.0685. The number of imidazole rings is 1. The Morgan fingerprint density at radius 1 is 1.50 bits per heavy atom. The van der Waals surface area contributed by atoms with Crippen molar-refractivity contribution in [1.82, 2.24) is 9.97 Å². The fourth-order valence-electron chi connectivity index (χ4n) is 2.09. The van der Waals surface area contributed by atoms with E-state index >= 15 is 0 Å². The molecule has 0 spiro atoms. The number of benzene rings is 1. The van der Waals surface area contributed by atoms with E-state index in [9.17, 15) is 0 Å². The molecule has 0 saturated carbocycles. The van der Waals surface area contributed by atoms with Gasteiger partial charge in [0.1, 0.15) is 23.5 Å². The van der Waals surface area contributed by atoms with Gasteiger partial charge in [0.15, 0.2) is 0 Å². The van der Waals surface area contributed by atoms with Crippen LogP contribution >= 0.6 is 0 Å². The van der Waals surface area contributed by atoms with Crippen molar-refractivity contribution in [2.75, 3.05) is 6.61 Å². The van der Waals surface area contributed by atoms with Crippen LogP contribution in [0.25, 0.3) is 11.0 Å². The van der Waals surface area contributed by atoms with Gasteiger partial charge in [0.2, 0.25) is 0 Å². The average molecular weight is 213 g/mol. The van der Waals surface area contributed by atoms with E-state index in [1.807, 2.05) is 12.1 Å². The highest BCUT2D eigenvalue weighted by Gasteiger charge is 2.21. The van der Waals surface area contributed by atoms with Crippen molar-refractivity contribution in [3.05, 3.63) is 29.6 Å². The van der Waals surface area contributed by atoms with E-state index in [-0.39, 0.29) is 6.10 Å². The molecule has 1 fully saturated rings. The fourth-order valence-corrected chi connectivity index (χ4v) is 2.09. The van der Waals surface area contributed by atoms with Crippen molar-refractivity contribution in [3.63, 3.8) is 0 Å². The van der Waals surface area contributed by atoms with E-state index in [4.69, 9.17) is 10.00 Å². The second-order valence-electron chi connectivity index (χ2n) is 3.94. The molecule has 1 saturated heterocycles. The average Bonchev–Trinajstić information content (AvgIpc) is 2.96. The molecule has 80 valence electrons. The Labute approximate surface area is 92.9 Å². The molecule has 16 heavy (non-hydrogen) atoms. The normalized spacial score (nSPS) is 20.1. The second-order valence-corrected chi connectivity index (χ2v) is 3.94. The summed E-state index contributed by atoms with van der Waals surface area (Å²) < 4.78 is 5.57. The van der Waals surface area contributed by atoms with Crippen molar-refractivity contribution >= 4 is 11.0 Å². The van der Waals surface area contributed by atoms with Gasteiger partial charge in [-0.25, -0.2) is 4.98 Å². The fraction of sp³-hybridized carbons (Fsp3) is 0.333. The van der Waals surface area contributed by atoms with Gasteiger partial charge >= 0.3 is 0 Å². The molecule has 0 bridgehead atoms. The van der Waals surface area contributed by atoms with Gasteiger partial charge in [-0.1, -0.05) is 6.07 Å². The number of H-pyrrole nitrogens is 1. The molecular weight excluding hydrogens is 202 g/mol. The van der Waals surface area contributed by atoms with Crippen LogP contribution in [0.1, 0.15) is 30.3 Å². The summed E-state index contributed by atoms with van der Waals surface area (Å²) >= 11 is 0. The minimum Gasteiger partial charge on any atom is -0.370 e. The van der Waals surface area contributed by atoms with Gasteiger partial charge in [-0.2, -0.15) is 5.26 Å². The molecule has 1 unspecified atom stereocenters. The van der Waals surface area contributed by atoms with Crippen molar-refractivity contribution < 1.29 is 4.74 Å². The number of hydrogen-bond acceptors (Lipinski definition) is 3. The zero-order chi connectivity index (χ0) is 11.0. The molecule has 0 aliphatic carbocycles. The van der Waals surface area contributed by atoms with Gasteiger partial charge in [0, 0.05) is 6.61 Å². The lowest BCUT2D eigenvalue weighted by Gasteiger charge is -2.03. The van der Waals surface area contributed by atoms with Crippen LogP contribution in [-0.4, -0.2) is 16.6 Å². The highest BCUT2D eigenvalue weighted by molar-refractivity contribution is 5.81. The van der Waals surface area contributed by atoms with Crippen LogP contribution in [0.5, 0.6) is 0 Å². The molecule has 2 heterocycles. The number of rotatable bonds is 1. The Balaban J connectivity index is 2.12. The number of para-hydroxylation sites is 1. The Kier molecular flexibility index (Phi) is 2.12. The van der Waals surface area contributed by atoms with E-state index in [0.29, 0.717) is 5.56 Å². The van der Waals surface area contributed by atoms with E-state index in [1.54, 1.807) is 6.07 Å². The molecule has 3 rings (SSSR count). The summed E-state index contributed by atoms with van der Waals surface area (Å²) in [6.45, 7) is 0.798. The summed E-state index contributed by atoms with van der Waals surface area (Å²) in [5.41, 5.74) is 2.26. The Bertz CT molecular complexity index is 561. The molecule has 1 N–H and O–H groups in total. The number of nitriles is 1. The first-order valence-electron chi connectivity index (χ1n) is 5.39. The molecule has 1 aromatic heterocycles. The third-order valence-electron chi connectivity index (χ3n) is 2.89. The van der Waals surface area contributed by atoms with Gasteiger partial charge < -0.3 is 9.72 Å². The smallest absolute Gasteiger partial charge is 0.136 e. The van der Waals surface area contributed by atoms with Crippen LogP contribution in [0, 0.1) is 11.3 Å². The maximum atomic E-state index is 8.98. The zero-order valence-electron chi connectivity index (χ0n) is 8.73. The molecule has 0 amide bonds. The number of ether oxygens (including phenoxy) is 1. The maximum absolute atomic E-state index is 8.98. The summed E-state index contributed by atoms with van der Waals surface area (Å²) in [7, 11) is 0. The van der Waals surface area contributed by atoms with Gasteiger partial charge in [-0.05, 0) is 25.0 Å². The van der Waals surface area contributed by atoms with Crippen LogP contribution in [0.3, 0.4) is 0 Å². The van der Waals surface area contributed by atoms with Crippen molar-refractivity contribution in [2.24, 2.45) is 0 Å². The quantitative estimate of drug-likeness (QED) is 0.790. The summed E-state index contributed by atoms with van der Waals surface area (Å²) in [6.07, 6.45) is 2.15. The van der Waals surface area contributed by atoms with Gasteiger partial charge in [-0.3, -0.25) is 0 Å². The third-order valence-corrected chi connectivity index (χ3v) is 2.89. The standard InChI is InChI=1S/C12H11N3O/c13-7-8-3-1-4-9-11(8)15-12(14-9)10-5-2-6-16-10/h1,3-4,10H,2,5-6H2,(H,14,15). The number of nitrogens with zero attached hydrogens (tertiary/aromatic N) is 2. The van der Waals surface area contributed by atoms with E-state index in [0.717, 1.165) is 36.3 Å². The molecule has 2 aromatic rings. The second kappa shape index (κ2) is 3.62. The Hall–Kier alpha value is -1.86. The lowest BCUT2D eigenvalue weighted by Crippen LogP contribution is -1.97. The highest BCUT2D eigenvalue weighted by atomic mass is 16.5. The lowest BCUT2D eigenvalue weighted by atomic mass is 10.2. The summed E-state index contributed by atoms with van der Waals surface area (Å²) in [4.78, 5) is 7.69. The van der Waals surface area contributed by atoms with Crippen LogP contribution in [-0.2, 0) is 4.74 Å². The van der Waals surface area contributed by atoms with Crippen LogP contribution in [0.15, 0.2) is 18.2 Å². The van der Waals surface area contributed by atoms with E-state index < -0.39 is 0 Å². The predicted octanol–water partition coefficient (Wildman–Crippen LogP) is 2.29. The number of nitrogens with one attached hydrogen (secondary N) is 1. The van der Waals surface area contributed by atoms with E-state index in [2.05, 4.69) is 16.0 Å². The molecule has 1 atom stereocenters. The molecule has 4 heteroatoms. The maximum Gasteiger partial charge on any atom is 0.136 e. The van der Waals surface area contributed by atoms with Gasteiger partial charge in [-0.15, -0.1) is 0 Å². The van der Waals surface area contributed by atoms with Crippen molar-refractivity contribution in [1.29, 1.82) is 5.26 Å². The zero-order valence-corrected chi connectivity index (χ0v) is 8.73. The molecular formula is C12H11N3O. The summed E-state index contributed by atoms with van der Waals surface area (Å²) in [5, 5.41) is 8.98. The van der Waals surface area contributed by atoms with Crippen LogP contribution in [0.2, 0.25) is 0 Å². The molecule has 1 aliphatic heterocycles. The topological polar surface area (TPSA) is 61.7 Å². The van der Waals surface area contributed by atoms with Gasteiger partial charge in [0.05, 0.1) is 11.1 Å². The largest absolute Gasteiger partial charge is 0.370 e. The van der Waals surface area contributed by atoms with Crippen molar-refractivity contribution in [3.8, 4) is 6.07 Å². The van der Waals surface area contributed by atoms with Crippen molar-refractivity contribution in [2.45, 2.75) is 18.9 Å². The summed E-state index contributed by atoms with van der Waals surface area (Å²) in [6, 6.07) is 7.72. The first-order valence-corrected chi connectivity index (χ1v) is 5.39. The molecule has 1 aromatic carbocycles. The Morgan fingerprint density at radius 2 is 2.44 bits per heavy atom. The highest BCUT2D eigenvalue weighted by Crippen LogP contribution is 2.28. The SMILES string of the molecule is N#Cc1cccc2[nH]c(C3CCCO3)nc12. The first-order chi connectivity index (χ1) is 7.88. The lowest BCUT2D eigenvalue weighted by molar-refractivity contribution is 0.106.